The van der Waals surface area contributed by atoms with E-state index in [0.29, 0.717) is 0 Å². The van der Waals surface area contributed by atoms with Crippen molar-refractivity contribution in [2.24, 2.45) is 13.0 Å². The maximum atomic E-state index is 11.8. The zero-order valence-corrected chi connectivity index (χ0v) is 10.7. The second-order valence-electron chi connectivity index (χ2n) is 4.83. The van der Waals surface area contributed by atoms with Gasteiger partial charge in [0.15, 0.2) is 5.03 Å². The van der Waals surface area contributed by atoms with Crippen molar-refractivity contribution in [1.29, 1.82) is 0 Å². The molecule has 2 N–H and O–H groups in total. The number of rotatable bonds is 5. The number of hydrogen-bond donors (Lipinski definition) is 2. The summed E-state index contributed by atoms with van der Waals surface area (Å²) in [5, 5.41) is 10.00. The first-order chi connectivity index (χ1) is 7.81. The van der Waals surface area contributed by atoms with Crippen LogP contribution in [0.3, 0.4) is 0 Å². The van der Waals surface area contributed by atoms with Crippen LogP contribution in [-0.2, 0) is 17.1 Å². The van der Waals surface area contributed by atoms with E-state index in [1.54, 1.807) is 18.5 Å². The molecule has 7 heteroatoms. The Kier molecular flexibility index (Phi) is 3.01. The molecule has 1 aromatic rings. The minimum atomic E-state index is -3.62. The van der Waals surface area contributed by atoms with Crippen molar-refractivity contribution in [3.8, 4) is 0 Å². The highest BCUT2D eigenvalue weighted by Crippen LogP contribution is 2.39. The molecule has 96 valence electrons. The molecule has 1 aromatic heterocycles. The van der Waals surface area contributed by atoms with Gasteiger partial charge in [0.05, 0.1) is 11.9 Å². The second-order valence-corrected chi connectivity index (χ2v) is 6.55. The average molecular weight is 259 g/mol. The Morgan fingerprint density at radius 1 is 1.65 bits per heavy atom. The van der Waals surface area contributed by atoms with Gasteiger partial charge in [0.1, 0.15) is 0 Å². The first-order valence-corrected chi connectivity index (χ1v) is 6.99. The molecule has 0 bridgehead atoms. The summed E-state index contributed by atoms with van der Waals surface area (Å²) in [7, 11) is -1.92. The highest BCUT2D eigenvalue weighted by atomic mass is 32.2. The lowest BCUT2D eigenvalue weighted by Gasteiger charge is -2.22. The summed E-state index contributed by atoms with van der Waals surface area (Å²) in [4.78, 5) is 3.78. The number of imidazole rings is 1. The van der Waals surface area contributed by atoms with Gasteiger partial charge in [0, 0.05) is 19.8 Å². The SMILES string of the molecule is Cn1cnc(S(=O)(=O)NC[C@](C)(O)C2CC2)c1. The molecule has 1 atom stereocenters. The lowest BCUT2D eigenvalue weighted by Crippen LogP contribution is -2.42. The minimum Gasteiger partial charge on any atom is -0.389 e. The molecule has 0 radical (unpaired) electrons. The van der Waals surface area contributed by atoms with Gasteiger partial charge in [0.2, 0.25) is 0 Å². The number of aryl methyl sites for hydroxylation is 1. The molecule has 1 aliphatic rings. The Hall–Kier alpha value is -0.920. The molecule has 0 aromatic carbocycles. The van der Waals surface area contributed by atoms with Crippen LogP contribution in [0.4, 0.5) is 0 Å². The van der Waals surface area contributed by atoms with Crippen molar-refractivity contribution >= 4 is 10.0 Å². The fourth-order valence-corrected chi connectivity index (χ4v) is 2.81. The lowest BCUT2D eigenvalue weighted by atomic mass is 10.0. The van der Waals surface area contributed by atoms with E-state index < -0.39 is 15.6 Å². The molecule has 2 rings (SSSR count). The molecule has 0 unspecified atom stereocenters. The maximum Gasteiger partial charge on any atom is 0.259 e. The predicted molar refractivity (Wildman–Crippen MR) is 61.7 cm³/mol. The van der Waals surface area contributed by atoms with Crippen LogP contribution in [0.25, 0.3) is 0 Å². The van der Waals surface area contributed by atoms with Crippen LogP contribution >= 0.6 is 0 Å². The molecule has 0 aliphatic heterocycles. The number of sulfonamides is 1. The van der Waals surface area contributed by atoms with Crippen LogP contribution in [0.2, 0.25) is 0 Å². The van der Waals surface area contributed by atoms with Gasteiger partial charge in [0.25, 0.3) is 10.0 Å². The summed E-state index contributed by atoms with van der Waals surface area (Å²) in [6.45, 7) is 1.68. The van der Waals surface area contributed by atoms with E-state index in [2.05, 4.69) is 9.71 Å². The number of aliphatic hydroxyl groups is 1. The molecule has 17 heavy (non-hydrogen) atoms. The van der Waals surface area contributed by atoms with Crippen LogP contribution in [0.15, 0.2) is 17.6 Å². The Bertz CT molecular complexity index is 503. The molecule has 6 nitrogen and oxygen atoms in total. The van der Waals surface area contributed by atoms with Crippen molar-refractivity contribution in [2.75, 3.05) is 6.54 Å². The molecule has 1 saturated carbocycles. The standard InChI is InChI=1S/C10H17N3O3S/c1-10(14,8-3-4-8)6-12-17(15,16)9-5-13(2)7-11-9/h5,7-8,12,14H,3-4,6H2,1-2H3/t10-/m0/s1. The Labute approximate surface area is 101 Å². The van der Waals surface area contributed by atoms with E-state index in [-0.39, 0.29) is 17.5 Å². The average Bonchev–Trinajstić information content (AvgIpc) is 3.00. The second kappa shape index (κ2) is 4.08. The molecule has 1 fully saturated rings. The van der Waals surface area contributed by atoms with Gasteiger partial charge >= 0.3 is 0 Å². The van der Waals surface area contributed by atoms with Crippen molar-refractivity contribution in [2.45, 2.75) is 30.4 Å². The molecular formula is C10H17N3O3S. The monoisotopic (exact) mass is 259 g/mol. The van der Waals surface area contributed by atoms with Crippen molar-refractivity contribution in [1.82, 2.24) is 14.3 Å². The smallest absolute Gasteiger partial charge is 0.259 e. The summed E-state index contributed by atoms with van der Waals surface area (Å²) in [5.41, 5.74) is -0.970. The highest BCUT2D eigenvalue weighted by Gasteiger charge is 2.40. The van der Waals surface area contributed by atoms with Crippen LogP contribution in [0.1, 0.15) is 19.8 Å². The topological polar surface area (TPSA) is 84.2 Å². The third kappa shape index (κ3) is 2.85. The van der Waals surface area contributed by atoms with E-state index in [4.69, 9.17) is 0 Å². The summed E-state index contributed by atoms with van der Waals surface area (Å²) < 4.78 is 27.6. The zero-order chi connectivity index (χ0) is 12.7. The van der Waals surface area contributed by atoms with Crippen LogP contribution in [0.5, 0.6) is 0 Å². The molecule has 1 aliphatic carbocycles. The number of aromatic nitrogens is 2. The number of nitrogens with zero attached hydrogens (tertiary/aromatic N) is 2. The van der Waals surface area contributed by atoms with Crippen molar-refractivity contribution < 1.29 is 13.5 Å². The predicted octanol–water partition coefficient (Wildman–Crippen LogP) is -0.141. The van der Waals surface area contributed by atoms with Gasteiger partial charge in [-0.3, -0.25) is 0 Å². The van der Waals surface area contributed by atoms with E-state index in [1.807, 2.05) is 0 Å². The Morgan fingerprint density at radius 3 is 2.76 bits per heavy atom. The lowest BCUT2D eigenvalue weighted by molar-refractivity contribution is 0.0422. The molecular weight excluding hydrogens is 242 g/mol. The van der Waals surface area contributed by atoms with Crippen LogP contribution in [0, 0.1) is 5.92 Å². The minimum absolute atomic E-state index is 0.0217. The first kappa shape index (κ1) is 12.5. The van der Waals surface area contributed by atoms with Gasteiger partial charge in [-0.05, 0) is 25.7 Å². The molecule has 0 amide bonds. The molecule has 0 spiro atoms. The zero-order valence-electron chi connectivity index (χ0n) is 9.92. The van der Waals surface area contributed by atoms with E-state index in [1.165, 1.54) is 12.5 Å². The van der Waals surface area contributed by atoms with Gasteiger partial charge in [-0.25, -0.2) is 18.1 Å². The van der Waals surface area contributed by atoms with Gasteiger partial charge in [-0.1, -0.05) is 0 Å². The fourth-order valence-electron chi connectivity index (χ4n) is 1.69. The quantitative estimate of drug-likeness (QED) is 0.771. The maximum absolute atomic E-state index is 11.8. The van der Waals surface area contributed by atoms with E-state index in [0.717, 1.165) is 12.8 Å². The van der Waals surface area contributed by atoms with Crippen molar-refractivity contribution in [3.05, 3.63) is 12.5 Å². The largest absolute Gasteiger partial charge is 0.389 e. The summed E-state index contributed by atoms with van der Waals surface area (Å²) >= 11 is 0. The Balaban J connectivity index is 2.03. The van der Waals surface area contributed by atoms with Crippen LogP contribution in [-0.4, -0.2) is 35.2 Å². The van der Waals surface area contributed by atoms with Crippen molar-refractivity contribution in [3.63, 3.8) is 0 Å². The Morgan fingerprint density at radius 2 is 2.29 bits per heavy atom. The normalized spacial score (nSPS) is 20.2. The number of nitrogens with one attached hydrogen (secondary N) is 1. The third-order valence-corrected chi connectivity index (χ3v) is 4.32. The summed E-state index contributed by atoms with van der Waals surface area (Å²) in [6.07, 6.45) is 4.76. The van der Waals surface area contributed by atoms with E-state index >= 15 is 0 Å². The first-order valence-electron chi connectivity index (χ1n) is 5.51. The molecule has 0 saturated heterocycles. The highest BCUT2D eigenvalue weighted by molar-refractivity contribution is 7.89. The summed E-state index contributed by atoms with van der Waals surface area (Å²) in [6, 6.07) is 0. The van der Waals surface area contributed by atoms with E-state index in [9.17, 15) is 13.5 Å². The van der Waals surface area contributed by atoms with Crippen LogP contribution < -0.4 is 4.72 Å². The summed E-state index contributed by atoms with van der Waals surface area (Å²) in [5.74, 6) is 0.203. The third-order valence-electron chi connectivity index (χ3n) is 3.03. The van der Waals surface area contributed by atoms with Gasteiger partial charge in [-0.2, -0.15) is 0 Å². The fraction of sp³-hybridized carbons (Fsp3) is 0.700. The molecule has 1 heterocycles. The number of hydrogen-bond acceptors (Lipinski definition) is 4. The van der Waals surface area contributed by atoms with Gasteiger partial charge < -0.3 is 9.67 Å². The van der Waals surface area contributed by atoms with Gasteiger partial charge in [-0.15, -0.1) is 0 Å².